The van der Waals surface area contributed by atoms with Crippen LogP contribution in [0.5, 0.6) is 17.4 Å². The number of hydrogen-bond donors (Lipinski definition) is 2. The number of rotatable bonds is 10. The van der Waals surface area contributed by atoms with Gasteiger partial charge in [0.05, 0.1) is 24.1 Å². The van der Waals surface area contributed by atoms with Crippen molar-refractivity contribution in [1.29, 1.82) is 0 Å². The first kappa shape index (κ1) is 37.9. The first-order valence-corrected chi connectivity index (χ1v) is 19.8. The van der Waals surface area contributed by atoms with Crippen molar-refractivity contribution in [1.82, 2.24) is 14.8 Å². The number of halogens is 2. The van der Waals surface area contributed by atoms with E-state index in [0.29, 0.717) is 23.7 Å². The minimum absolute atomic E-state index is 0.00515. The second kappa shape index (κ2) is 15.5. The molecule has 1 atom stereocenters. The lowest BCUT2D eigenvalue weighted by Crippen LogP contribution is -2.60. The van der Waals surface area contributed by atoms with Crippen LogP contribution in [0.3, 0.4) is 0 Å². The highest BCUT2D eigenvalue weighted by atomic mass is 35.5. The number of carbonyl (C=O) groups is 1. The fourth-order valence-electron chi connectivity index (χ4n) is 9.30. The molecule has 56 heavy (non-hydrogen) atoms. The molecule has 3 aromatic rings. The van der Waals surface area contributed by atoms with E-state index < -0.39 is 11.7 Å². The molecule has 3 aliphatic heterocycles. The molecule has 3 heterocycles. The summed E-state index contributed by atoms with van der Waals surface area (Å²) in [6.07, 6.45) is 4.45. The highest BCUT2D eigenvalue weighted by molar-refractivity contribution is 6.30. The Labute approximate surface area is 332 Å². The molecule has 1 spiro atoms. The number of piperazine rings is 1. The predicted molar refractivity (Wildman–Crippen MR) is 219 cm³/mol. The number of nitrogens with zero attached hydrogens (tertiary/aromatic N) is 4. The van der Waals surface area contributed by atoms with Gasteiger partial charge in [-0.15, -0.1) is 4.91 Å². The van der Waals surface area contributed by atoms with Gasteiger partial charge in [0.15, 0.2) is 5.75 Å². The van der Waals surface area contributed by atoms with Crippen molar-refractivity contribution in [2.45, 2.75) is 64.1 Å². The number of nitrogen functional groups attached to an aromatic ring is 1. The van der Waals surface area contributed by atoms with E-state index in [1.807, 2.05) is 18.2 Å². The van der Waals surface area contributed by atoms with E-state index in [0.717, 1.165) is 62.8 Å². The summed E-state index contributed by atoms with van der Waals surface area (Å²) in [5.41, 5.74) is 12.1. The summed E-state index contributed by atoms with van der Waals surface area (Å²) in [6.45, 7) is 10.2. The predicted octanol–water partition coefficient (Wildman–Crippen LogP) is 9.63. The van der Waals surface area contributed by atoms with Gasteiger partial charge in [0.2, 0.25) is 5.88 Å². The van der Waals surface area contributed by atoms with Crippen LogP contribution in [0.2, 0.25) is 5.02 Å². The fraction of sp³-hybridized carbons (Fsp3) is 0.386. The van der Waals surface area contributed by atoms with E-state index in [9.17, 15) is 14.1 Å². The monoisotopic (exact) mass is 778 g/mol. The van der Waals surface area contributed by atoms with Gasteiger partial charge in [-0.3, -0.25) is 14.6 Å². The number of piperidine rings is 1. The number of benzene rings is 3. The number of aromatic nitrogens is 1. The fourth-order valence-corrected chi connectivity index (χ4v) is 9.42. The lowest BCUT2D eigenvalue weighted by molar-refractivity contribution is -0.0628. The van der Waals surface area contributed by atoms with Crippen LogP contribution >= 0.6 is 11.6 Å². The van der Waals surface area contributed by atoms with Crippen LogP contribution < -0.4 is 20.1 Å². The Morgan fingerprint density at radius 1 is 1.00 bits per heavy atom. The average molecular weight is 779 g/mol. The number of amides is 1. The highest BCUT2D eigenvalue weighted by Gasteiger charge is 2.50. The van der Waals surface area contributed by atoms with Crippen molar-refractivity contribution in [3.63, 3.8) is 0 Å². The lowest BCUT2D eigenvalue weighted by Gasteiger charge is -2.58. The average Bonchev–Trinajstić information content (AvgIpc) is 3.48. The summed E-state index contributed by atoms with van der Waals surface area (Å²) >= 11 is 6.20. The minimum atomic E-state index is -0.961. The van der Waals surface area contributed by atoms with Crippen LogP contribution in [-0.2, 0) is 6.54 Å². The van der Waals surface area contributed by atoms with Crippen LogP contribution in [0.25, 0.3) is 11.3 Å². The van der Waals surface area contributed by atoms with Gasteiger partial charge in [-0.25, -0.2) is 4.39 Å². The Bertz CT molecular complexity index is 2190. The van der Waals surface area contributed by atoms with Crippen molar-refractivity contribution in [2.75, 3.05) is 50.5 Å². The van der Waals surface area contributed by atoms with E-state index in [-0.39, 0.29) is 39.6 Å². The minimum Gasteiger partial charge on any atom is -0.480 e. The molecule has 2 aliphatic carbocycles. The molecule has 1 amide bonds. The Hall–Kier alpha value is -4.97. The number of hydrogen-bond acceptors (Lipinski definition) is 8. The molecule has 3 fully saturated rings. The number of nitrogens with one attached hydrogen (secondary N) is 1. The Morgan fingerprint density at radius 2 is 1.75 bits per heavy atom. The molecule has 292 valence electrons. The zero-order valence-corrected chi connectivity index (χ0v) is 32.8. The van der Waals surface area contributed by atoms with Gasteiger partial charge >= 0.3 is 5.91 Å². The number of nitrogens with two attached hydrogens (primary N) is 1. The first-order chi connectivity index (χ1) is 27.0. The third-order valence-corrected chi connectivity index (χ3v) is 12.6. The van der Waals surface area contributed by atoms with Gasteiger partial charge < -0.3 is 25.1 Å². The molecule has 2 saturated heterocycles. The molecular weight excluding hydrogens is 731 g/mol. The van der Waals surface area contributed by atoms with E-state index in [1.54, 1.807) is 12.1 Å². The number of aromatic amines is 1. The van der Waals surface area contributed by atoms with Crippen LogP contribution in [-0.4, -0.2) is 66.6 Å². The summed E-state index contributed by atoms with van der Waals surface area (Å²) in [4.78, 5) is 34.7. The van der Waals surface area contributed by atoms with Crippen LogP contribution in [0.15, 0.2) is 84.0 Å². The normalized spacial score (nSPS) is 19.0. The van der Waals surface area contributed by atoms with Crippen molar-refractivity contribution in [2.24, 2.45) is 10.6 Å². The summed E-state index contributed by atoms with van der Waals surface area (Å²) in [5, 5.41) is 3.41. The molecule has 0 radical (unpaired) electrons. The van der Waals surface area contributed by atoms with Crippen molar-refractivity contribution >= 4 is 28.9 Å². The maximum Gasteiger partial charge on any atom is 0.320 e. The summed E-state index contributed by atoms with van der Waals surface area (Å²) < 4.78 is 26.4. The number of ether oxygens (including phenoxy) is 2. The maximum absolute atomic E-state index is 14.7. The molecule has 8 rings (SSSR count). The van der Waals surface area contributed by atoms with E-state index >= 15 is 0 Å². The Morgan fingerprint density at radius 3 is 2.46 bits per heavy atom. The van der Waals surface area contributed by atoms with Crippen LogP contribution in [0.1, 0.15) is 78.5 Å². The van der Waals surface area contributed by atoms with Crippen LogP contribution in [0.4, 0.5) is 15.8 Å². The third kappa shape index (κ3) is 7.35. The van der Waals surface area contributed by atoms with Gasteiger partial charge in [0.1, 0.15) is 11.6 Å². The summed E-state index contributed by atoms with van der Waals surface area (Å²) in [5.74, 6) is -0.581. The third-order valence-electron chi connectivity index (χ3n) is 12.3. The summed E-state index contributed by atoms with van der Waals surface area (Å²) in [7, 11) is 1.44. The van der Waals surface area contributed by atoms with E-state index in [2.05, 4.69) is 75.1 Å². The number of methoxy groups -OCH3 is 1. The number of anilines is 2. The standard InChI is InChI=1S/C44H48ClFN6O4/c1-27(2)32-6-4-5-7-33(32)38-26-50(25-28-8-10-29(45)11-9-28)18-19-52(38)31-23-44(24-31)14-16-51(17-15-44)30-12-13-34(42(53)49-54)39(20-30)56-40-21-35-36(46)22-37(47)41(35)48-43(40)55-3/h4-13,20-22,27,31,38,48H,14-19,23-26,47H2,1-3H3. The van der Waals surface area contributed by atoms with Gasteiger partial charge in [-0.05, 0) is 90.1 Å². The molecular formula is C44H48ClFN6O4. The smallest absolute Gasteiger partial charge is 0.320 e. The number of H-pyrrole nitrogens is 1. The van der Waals surface area contributed by atoms with Gasteiger partial charge in [0, 0.05) is 78.9 Å². The zero-order chi connectivity index (χ0) is 39.1. The molecule has 3 aromatic carbocycles. The van der Waals surface area contributed by atoms with Gasteiger partial charge in [-0.1, -0.05) is 61.8 Å². The lowest BCUT2D eigenvalue weighted by atomic mass is 9.59. The molecule has 12 heteroatoms. The Balaban J connectivity index is 0.973. The number of nitroso groups, excluding NO2 is 1. The van der Waals surface area contributed by atoms with E-state index in [4.69, 9.17) is 26.8 Å². The van der Waals surface area contributed by atoms with Crippen LogP contribution in [0, 0.1) is 16.1 Å². The topological polar surface area (TPSA) is 116 Å². The SMILES string of the molecule is COc1[nH]c2c(N)cc(F)c-2cc1Oc1cc(N2CCC3(CC2)CC(N2CCN(Cc4ccc(Cl)cc4)CC2c2ccccc2C(C)C)C3)ccc1C(=O)N=O. The Kier molecular flexibility index (Phi) is 10.5. The molecule has 1 saturated carbocycles. The quantitative estimate of drug-likeness (QED) is 0.135. The van der Waals surface area contributed by atoms with Gasteiger partial charge in [-0.2, -0.15) is 0 Å². The molecule has 5 aliphatic rings. The number of fused-ring (bicyclic) bond motifs is 1. The molecule has 1 unspecified atom stereocenters. The number of carbonyl (C=O) groups excluding carboxylic acids is 1. The summed E-state index contributed by atoms with van der Waals surface area (Å²) in [6, 6.07) is 25.9. The van der Waals surface area contributed by atoms with E-state index in [1.165, 1.54) is 48.8 Å². The molecule has 3 N–H and O–H groups in total. The largest absolute Gasteiger partial charge is 0.480 e. The number of pyridine rings is 1. The first-order valence-electron chi connectivity index (χ1n) is 19.5. The zero-order valence-electron chi connectivity index (χ0n) is 32.1. The van der Waals surface area contributed by atoms with Crippen molar-refractivity contribution in [3.8, 4) is 28.6 Å². The molecule has 0 bridgehead atoms. The van der Waals surface area contributed by atoms with Crippen molar-refractivity contribution in [3.05, 3.63) is 117 Å². The highest BCUT2D eigenvalue weighted by Crippen LogP contribution is 2.53. The van der Waals surface area contributed by atoms with Crippen molar-refractivity contribution < 1.29 is 18.7 Å². The maximum atomic E-state index is 14.7. The van der Waals surface area contributed by atoms with Gasteiger partial charge in [0.25, 0.3) is 0 Å². The molecule has 10 nitrogen and oxygen atoms in total. The second-order valence-corrected chi connectivity index (χ2v) is 16.5. The molecule has 0 aromatic heterocycles. The second-order valence-electron chi connectivity index (χ2n) is 16.0.